The number of sulfonamides is 1. The Morgan fingerprint density at radius 3 is 2.48 bits per heavy atom. The topological polar surface area (TPSA) is 85.1 Å². The summed E-state index contributed by atoms with van der Waals surface area (Å²) < 4.78 is 22.4. The Balaban J connectivity index is 1.90. The molecule has 21 heavy (non-hydrogen) atoms. The molecule has 0 spiro atoms. The third-order valence-electron chi connectivity index (χ3n) is 3.27. The highest BCUT2D eigenvalue weighted by Gasteiger charge is 2.09. The SMILES string of the molecule is CC(NCCc1ccccn1)c1ccc(S(N)(=O)=O)cc1. The van der Waals surface area contributed by atoms with Crippen LogP contribution in [0.4, 0.5) is 0 Å². The summed E-state index contributed by atoms with van der Waals surface area (Å²) in [5, 5.41) is 8.46. The zero-order valence-electron chi connectivity index (χ0n) is 11.9. The fourth-order valence-corrected chi connectivity index (χ4v) is 2.54. The van der Waals surface area contributed by atoms with Gasteiger partial charge in [0.25, 0.3) is 0 Å². The predicted octanol–water partition coefficient (Wildman–Crippen LogP) is 1.62. The molecule has 0 amide bonds. The molecule has 112 valence electrons. The quantitative estimate of drug-likeness (QED) is 0.849. The Labute approximate surface area is 125 Å². The van der Waals surface area contributed by atoms with Gasteiger partial charge in [0.2, 0.25) is 10.0 Å². The summed E-state index contributed by atoms with van der Waals surface area (Å²) >= 11 is 0. The van der Waals surface area contributed by atoms with E-state index in [2.05, 4.69) is 10.3 Å². The van der Waals surface area contributed by atoms with Crippen molar-refractivity contribution in [2.75, 3.05) is 6.54 Å². The average molecular weight is 305 g/mol. The molecule has 2 aromatic rings. The molecule has 1 heterocycles. The van der Waals surface area contributed by atoms with Crippen LogP contribution in [0.15, 0.2) is 53.6 Å². The van der Waals surface area contributed by atoms with Crippen molar-refractivity contribution >= 4 is 10.0 Å². The van der Waals surface area contributed by atoms with Crippen LogP contribution in [0.2, 0.25) is 0 Å². The first kappa shape index (κ1) is 15.6. The van der Waals surface area contributed by atoms with Crippen molar-refractivity contribution in [3.8, 4) is 0 Å². The lowest BCUT2D eigenvalue weighted by molar-refractivity contribution is 0.573. The minimum atomic E-state index is -3.63. The lowest BCUT2D eigenvalue weighted by Crippen LogP contribution is -2.21. The van der Waals surface area contributed by atoms with Crippen LogP contribution in [0.1, 0.15) is 24.2 Å². The molecular weight excluding hydrogens is 286 g/mol. The highest BCUT2D eigenvalue weighted by Crippen LogP contribution is 2.15. The zero-order chi connectivity index (χ0) is 15.3. The minimum Gasteiger partial charge on any atom is -0.310 e. The van der Waals surface area contributed by atoms with Crippen molar-refractivity contribution in [3.05, 3.63) is 59.9 Å². The van der Waals surface area contributed by atoms with Crippen LogP contribution in [0.3, 0.4) is 0 Å². The summed E-state index contributed by atoms with van der Waals surface area (Å²) in [7, 11) is -3.63. The second-order valence-corrected chi connectivity index (χ2v) is 6.42. The van der Waals surface area contributed by atoms with Crippen LogP contribution in [-0.2, 0) is 16.4 Å². The maximum absolute atomic E-state index is 11.2. The second-order valence-electron chi connectivity index (χ2n) is 4.86. The predicted molar refractivity (Wildman–Crippen MR) is 82.2 cm³/mol. The average Bonchev–Trinajstić information content (AvgIpc) is 2.47. The standard InChI is InChI=1S/C15H19N3O2S/c1-12(17-11-9-14-4-2-3-10-18-14)13-5-7-15(8-6-13)21(16,19)20/h2-8,10,12,17H,9,11H2,1H3,(H2,16,19,20). The molecule has 3 N–H and O–H groups in total. The lowest BCUT2D eigenvalue weighted by atomic mass is 10.1. The van der Waals surface area contributed by atoms with Crippen molar-refractivity contribution < 1.29 is 8.42 Å². The summed E-state index contributed by atoms with van der Waals surface area (Å²) in [6.45, 7) is 2.83. The van der Waals surface area contributed by atoms with Crippen LogP contribution in [0.25, 0.3) is 0 Å². The van der Waals surface area contributed by atoms with E-state index in [1.54, 1.807) is 18.3 Å². The van der Waals surface area contributed by atoms with Crippen LogP contribution < -0.4 is 10.5 Å². The molecule has 6 heteroatoms. The molecule has 2 rings (SSSR count). The summed E-state index contributed by atoms with van der Waals surface area (Å²) in [5.41, 5.74) is 2.06. The van der Waals surface area contributed by atoms with Crippen molar-refractivity contribution in [1.29, 1.82) is 0 Å². The molecule has 1 aromatic heterocycles. The van der Waals surface area contributed by atoms with E-state index in [1.807, 2.05) is 25.1 Å². The molecule has 0 fully saturated rings. The van der Waals surface area contributed by atoms with E-state index in [4.69, 9.17) is 5.14 Å². The van der Waals surface area contributed by atoms with Crippen molar-refractivity contribution in [2.24, 2.45) is 5.14 Å². The molecule has 0 bridgehead atoms. The Hall–Kier alpha value is -1.76. The number of hydrogen-bond acceptors (Lipinski definition) is 4. The Morgan fingerprint density at radius 2 is 1.90 bits per heavy atom. The number of nitrogens with zero attached hydrogens (tertiary/aromatic N) is 1. The Kier molecular flexibility index (Phi) is 5.06. The molecule has 1 atom stereocenters. The van der Waals surface area contributed by atoms with Crippen molar-refractivity contribution in [3.63, 3.8) is 0 Å². The van der Waals surface area contributed by atoms with E-state index in [9.17, 15) is 8.42 Å². The van der Waals surface area contributed by atoms with Crippen LogP contribution >= 0.6 is 0 Å². The summed E-state index contributed by atoms with van der Waals surface area (Å²) in [6.07, 6.45) is 2.63. The number of hydrogen-bond donors (Lipinski definition) is 2. The van der Waals surface area contributed by atoms with Gasteiger partial charge in [-0.3, -0.25) is 4.98 Å². The van der Waals surface area contributed by atoms with Gasteiger partial charge in [0.05, 0.1) is 4.90 Å². The third kappa shape index (κ3) is 4.63. The van der Waals surface area contributed by atoms with Gasteiger partial charge in [-0.1, -0.05) is 18.2 Å². The fourth-order valence-electron chi connectivity index (χ4n) is 2.03. The number of pyridine rings is 1. The van der Waals surface area contributed by atoms with Gasteiger partial charge >= 0.3 is 0 Å². The Bertz CT molecular complexity index is 670. The summed E-state index contributed by atoms with van der Waals surface area (Å²) in [4.78, 5) is 4.40. The van der Waals surface area contributed by atoms with Gasteiger partial charge in [0.15, 0.2) is 0 Å². The van der Waals surface area contributed by atoms with E-state index in [-0.39, 0.29) is 10.9 Å². The number of aromatic nitrogens is 1. The lowest BCUT2D eigenvalue weighted by Gasteiger charge is -2.14. The maximum Gasteiger partial charge on any atom is 0.238 e. The van der Waals surface area contributed by atoms with Gasteiger partial charge in [0.1, 0.15) is 0 Å². The molecule has 0 aliphatic heterocycles. The highest BCUT2D eigenvalue weighted by molar-refractivity contribution is 7.89. The van der Waals surface area contributed by atoms with E-state index < -0.39 is 10.0 Å². The molecule has 1 unspecified atom stereocenters. The normalized spacial score (nSPS) is 13.0. The minimum absolute atomic E-state index is 0.128. The first-order valence-corrected chi connectivity index (χ1v) is 8.27. The van der Waals surface area contributed by atoms with Crippen molar-refractivity contribution in [2.45, 2.75) is 24.3 Å². The number of nitrogens with two attached hydrogens (primary N) is 1. The van der Waals surface area contributed by atoms with Crippen LogP contribution in [0, 0.1) is 0 Å². The van der Waals surface area contributed by atoms with Crippen LogP contribution in [0.5, 0.6) is 0 Å². The first-order valence-electron chi connectivity index (χ1n) is 6.73. The fraction of sp³-hybridized carbons (Fsp3) is 0.267. The van der Waals surface area contributed by atoms with Gasteiger partial charge < -0.3 is 5.32 Å². The largest absolute Gasteiger partial charge is 0.310 e. The molecule has 0 aliphatic rings. The zero-order valence-corrected chi connectivity index (χ0v) is 12.7. The molecule has 5 nitrogen and oxygen atoms in total. The van der Waals surface area contributed by atoms with Gasteiger partial charge in [0, 0.05) is 30.9 Å². The molecule has 0 radical (unpaired) electrons. The van der Waals surface area contributed by atoms with Crippen molar-refractivity contribution in [1.82, 2.24) is 10.3 Å². The van der Waals surface area contributed by atoms with Gasteiger partial charge in [-0.2, -0.15) is 0 Å². The highest BCUT2D eigenvalue weighted by atomic mass is 32.2. The third-order valence-corrected chi connectivity index (χ3v) is 4.20. The van der Waals surface area contributed by atoms with Gasteiger partial charge in [-0.25, -0.2) is 13.6 Å². The van der Waals surface area contributed by atoms with Crippen LogP contribution in [-0.4, -0.2) is 19.9 Å². The number of rotatable bonds is 6. The summed E-state index contributed by atoms with van der Waals surface area (Å²) in [5.74, 6) is 0. The monoisotopic (exact) mass is 305 g/mol. The van der Waals surface area contributed by atoms with E-state index in [1.165, 1.54) is 12.1 Å². The molecule has 0 saturated carbocycles. The molecular formula is C15H19N3O2S. The molecule has 0 aliphatic carbocycles. The smallest absolute Gasteiger partial charge is 0.238 e. The summed E-state index contributed by atoms with van der Waals surface area (Å²) in [6, 6.07) is 12.6. The van der Waals surface area contributed by atoms with Gasteiger partial charge in [-0.15, -0.1) is 0 Å². The van der Waals surface area contributed by atoms with Gasteiger partial charge in [-0.05, 0) is 36.8 Å². The molecule has 0 saturated heterocycles. The molecule has 1 aromatic carbocycles. The number of nitrogens with one attached hydrogen (secondary N) is 1. The maximum atomic E-state index is 11.2. The second kappa shape index (κ2) is 6.80. The first-order chi connectivity index (χ1) is 9.97. The number of benzene rings is 1. The van der Waals surface area contributed by atoms with E-state index >= 15 is 0 Å². The Morgan fingerprint density at radius 1 is 1.19 bits per heavy atom. The van der Waals surface area contributed by atoms with E-state index in [0.717, 1.165) is 24.2 Å². The number of primary sulfonamides is 1. The van der Waals surface area contributed by atoms with E-state index in [0.29, 0.717) is 0 Å².